The number of aryl methyl sites for hydroxylation is 1. The van der Waals surface area contributed by atoms with Crippen molar-refractivity contribution in [2.75, 3.05) is 18.6 Å². The van der Waals surface area contributed by atoms with Gasteiger partial charge in [-0.25, -0.2) is 14.4 Å². The number of anilines is 1. The fourth-order valence-corrected chi connectivity index (χ4v) is 4.36. The summed E-state index contributed by atoms with van der Waals surface area (Å²) >= 11 is 6.35. The first-order chi connectivity index (χ1) is 17.6. The molecule has 1 aliphatic rings. The van der Waals surface area contributed by atoms with Crippen molar-refractivity contribution in [3.05, 3.63) is 46.7 Å². The SMILES string of the molecule is CCOC(=O)C1(OC)CCc2cc(-c3cc(Cl)ccc3N(C(=O)OC(C)(C)C)C(=O)OC(C)(C)C)cnc21. The highest BCUT2D eigenvalue weighted by atomic mass is 35.5. The molecule has 0 fully saturated rings. The molecule has 1 atom stereocenters. The zero-order valence-corrected chi connectivity index (χ0v) is 23.9. The molecule has 9 nitrogen and oxygen atoms in total. The molecule has 0 N–H and O–H groups in total. The molecule has 1 aliphatic carbocycles. The summed E-state index contributed by atoms with van der Waals surface area (Å²) < 4.78 is 22.0. The standard InChI is InChI=1S/C28H35ClN2O7/c1-9-36-23(32)28(35-8)13-12-17-14-18(16-30-22(17)28)20-15-19(29)10-11-21(20)31(24(33)37-26(2,3)4)25(34)38-27(5,6)7/h10-11,14-16H,9,12-13H2,1-8H3. The number of amides is 2. The van der Waals surface area contributed by atoms with E-state index in [9.17, 15) is 14.4 Å². The van der Waals surface area contributed by atoms with Crippen LogP contribution in [0.5, 0.6) is 0 Å². The molecular formula is C28H35ClN2O7. The van der Waals surface area contributed by atoms with Crippen molar-refractivity contribution < 1.29 is 33.3 Å². The monoisotopic (exact) mass is 546 g/mol. The Hall–Kier alpha value is -3.17. The quantitative estimate of drug-likeness (QED) is 0.312. The van der Waals surface area contributed by atoms with Gasteiger partial charge in [-0.1, -0.05) is 11.6 Å². The van der Waals surface area contributed by atoms with Crippen LogP contribution in [-0.4, -0.2) is 48.1 Å². The molecule has 10 heteroatoms. The van der Waals surface area contributed by atoms with E-state index in [1.54, 1.807) is 72.9 Å². The smallest absolute Gasteiger partial charge is 0.424 e. The lowest BCUT2D eigenvalue weighted by molar-refractivity contribution is -0.170. The molecule has 0 aliphatic heterocycles. The van der Waals surface area contributed by atoms with Crippen LogP contribution in [0.15, 0.2) is 30.5 Å². The third-order valence-electron chi connectivity index (χ3n) is 5.71. The first kappa shape index (κ1) is 29.4. The van der Waals surface area contributed by atoms with Gasteiger partial charge in [-0.15, -0.1) is 0 Å². The summed E-state index contributed by atoms with van der Waals surface area (Å²) in [4.78, 5) is 44.8. The number of hydrogen-bond donors (Lipinski definition) is 0. The lowest BCUT2D eigenvalue weighted by atomic mass is 9.99. The Morgan fingerprint density at radius 2 is 1.63 bits per heavy atom. The number of halogens is 1. The van der Waals surface area contributed by atoms with Crippen LogP contribution in [0.3, 0.4) is 0 Å². The minimum absolute atomic E-state index is 0.209. The average Bonchev–Trinajstić information content (AvgIpc) is 3.17. The summed E-state index contributed by atoms with van der Waals surface area (Å²) in [5.74, 6) is -0.494. The Balaban J connectivity index is 2.14. The Morgan fingerprint density at radius 1 is 1.03 bits per heavy atom. The van der Waals surface area contributed by atoms with Crippen molar-refractivity contribution in [1.29, 1.82) is 0 Å². The van der Waals surface area contributed by atoms with Crippen LogP contribution in [0.1, 0.15) is 66.1 Å². The topological polar surface area (TPSA) is 104 Å². The second kappa shape index (κ2) is 10.9. The van der Waals surface area contributed by atoms with E-state index in [0.29, 0.717) is 34.7 Å². The summed E-state index contributed by atoms with van der Waals surface area (Å²) in [5, 5.41) is 0.385. The van der Waals surface area contributed by atoms with E-state index < -0.39 is 35.0 Å². The number of imide groups is 1. The Labute approximate surface area is 228 Å². The Morgan fingerprint density at radius 3 is 2.16 bits per heavy atom. The van der Waals surface area contributed by atoms with Crippen molar-refractivity contribution in [1.82, 2.24) is 4.98 Å². The van der Waals surface area contributed by atoms with Gasteiger partial charge in [0, 0.05) is 29.5 Å². The number of ether oxygens (including phenoxy) is 4. The van der Waals surface area contributed by atoms with E-state index in [2.05, 4.69) is 4.98 Å². The van der Waals surface area contributed by atoms with Gasteiger partial charge in [0.1, 0.15) is 11.2 Å². The molecule has 0 saturated carbocycles. The molecule has 206 valence electrons. The van der Waals surface area contributed by atoms with Gasteiger partial charge in [-0.2, -0.15) is 4.90 Å². The van der Waals surface area contributed by atoms with Crippen molar-refractivity contribution in [3.63, 3.8) is 0 Å². The highest BCUT2D eigenvalue weighted by molar-refractivity contribution is 6.31. The van der Waals surface area contributed by atoms with Gasteiger partial charge in [0.25, 0.3) is 0 Å². The van der Waals surface area contributed by atoms with Crippen LogP contribution in [0.4, 0.5) is 15.3 Å². The molecule has 1 unspecified atom stereocenters. The van der Waals surface area contributed by atoms with E-state index in [-0.39, 0.29) is 12.3 Å². The molecule has 2 aromatic rings. The molecular weight excluding hydrogens is 512 g/mol. The number of aromatic nitrogens is 1. The predicted octanol–water partition coefficient (Wildman–Crippen LogP) is 6.43. The third-order valence-corrected chi connectivity index (χ3v) is 5.95. The van der Waals surface area contributed by atoms with E-state index in [1.807, 2.05) is 6.07 Å². The second-order valence-electron chi connectivity index (χ2n) is 10.9. The van der Waals surface area contributed by atoms with Gasteiger partial charge in [-0.3, -0.25) is 4.98 Å². The number of methoxy groups -OCH3 is 1. The Bertz CT molecular complexity index is 1200. The number of fused-ring (bicyclic) bond motifs is 1. The molecule has 0 spiro atoms. The molecule has 1 aromatic heterocycles. The van der Waals surface area contributed by atoms with Crippen LogP contribution in [0.25, 0.3) is 11.1 Å². The number of esters is 1. The molecule has 38 heavy (non-hydrogen) atoms. The normalized spacial score (nSPS) is 17.0. The van der Waals surface area contributed by atoms with Crippen molar-refractivity contribution >= 4 is 35.4 Å². The van der Waals surface area contributed by atoms with Gasteiger partial charge in [-0.05, 0) is 91.1 Å². The summed E-state index contributed by atoms with van der Waals surface area (Å²) in [5.41, 5.74) is -0.525. The fourth-order valence-electron chi connectivity index (χ4n) is 4.19. The first-order valence-electron chi connectivity index (χ1n) is 12.4. The van der Waals surface area contributed by atoms with Gasteiger partial charge >= 0.3 is 18.2 Å². The highest BCUT2D eigenvalue weighted by Gasteiger charge is 2.49. The number of pyridine rings is 1. The summed E-state index contributed by atoms with van der Waals surface area (Å²) in [6.07, 6.45) is 0.642. The number of carbonyl (C=O) groups is 3. The minimum Gasteiger partial charge on any atom is -0.464 e. The maximum atomic E-state index is 13.3. The van der Waals surface area contributed by atoms with Gasteiger partial charge < -0.3 is 18.9 Å². The van der Waals surface area contributed by atoms with E-state index in [1.165, 1.54) is 7.11 Å². The molecule has 0 radical (unpaired) electrons. The van der Waals surface area contributed by atoms with Crippen LogP contribution >= 0.6 is 11.6 Å². The van der Waals surface area contributed by atoms with Gasteiger partial charge in [0.05, 0.1) is 18.0 Å². The third kappa shape index (κ3) is 6.27. The lowest BCUT2D eigenvalue weighted by Gasteiger charge is -2.29. The molecule has 0 bridgehead atoms. The summed E-state index contributed by atoms with van der Waals surface area (Å²) in [6.45, 7) is 12.2. The van der Waals surface area contributed by atoms with Crippen LogP contribution in [0, 0.1) is 0 Å². The van der Waals surface area contributed by atoms with E-state index in [0.717, 1.165) is 10.5 Å². The molecule has 1 heterocycles. The van der Waals surface area contributed by atoms with Crippen LogP contribution in [0.2, 0.25) is 5.02 Å². The average molecular weight is 547 g/mol. The highest BCUT2D eigenvalue weighted by Crippen LogP contribution is 2.42. The molecule has 0 saturated heterocycles. The zero-order chi connectivity index (χ0) is 28.5. The molecule has 3 rings (SSSR count). The minimum atomic E-state index is -1.29. The van der Waals surface area contributed by atoms with Crippen molar-refractivity contribution in [3.8, 4) is 11.1 Å². The first-order valence-corrected chi connectivity index (χ1v) is 12.8. The number of benzene rings is 1. The van der Waals surface area contributed by atoms with Gasteiger partial charge in [0.2, 0.25) is 5.60 Å². The summed E-state index contributed by atoms with van der Waals surface area (Å²) in [6, 6.07) is 6.60. The number of hydrogen-bond acceptors (Lipinski definition) is 8. The second-order valence-corrected chi connectivity index (χ2v) is 11.4. The number of nitrogens with zero attached hydrogens (tertiary/aromatic N) is 2. The Kier molecular flexibility index (Phi) is 8.43. The largest absolute Gasteiger partial charge is 0.464 e. The van der Waals surface area contributed by atoms with Crippen molar-refractivity contribution in [2.45, 2.75) is 78.1 Å². The number of carbonyl (C=O) groups excluding carboxylic acids is 3. The van der Waals surface area contributed by atoms with Crippen LogP contribution < -0.4 is 4.90 Å². The van der Waals surface area contributed by atoms with Crippen molar-refractivity contribution in [2.24, 2.45) is 0 Å². The lowest BCUT2D eigenvalue weighted by Crippen LogP contribution is -2.44. The zero-order valence-electron chi connectivity index (χ0n) is 23.1. The van der Waals surface area contributed by atoms with E-state index in [4.69, 9.17) is 30.5 Å². The van der Waals surface area contributed by atoms with E-state index >= 15 is 0 Å². The summed E-state index contributed by atoms with van der Waals surface area (Å²) in [7, 11) is 1.45. The fraction of sp³-hybridized carbons (Fsp3) is 0.500. The van der Waals surface area contributed by atoms with Gasteiger partial charge in [0.15, 0.2) is 0 Å². The van der Waals surface area contributed by atoms with Crippen LogP contribution in [-0.2, 0) is 35.8 Å². The molecule has 2 amide bonds. The predicted molar refractivity (Wildman–Crippen MR) is 143 cm³/mol. The number of rotatable bonds is 5. The maximum absolute atomic E-state index is 13.3. The molecule has 1 aromatic carbocycles. The maximum Gasteiger partial charge on any atom is 0.424 e.